The Hall–Kier alpha value is -1.90. The molecule has 1 fully saturated rings. The van der Waals surface area contributed by atoms with E-state index in [-0.39, 0.29) is 26.7 Å². The summed E-state index contributed by atoms with van der Waals surface area (Å²) in [6.07, 6.45) is 2.65. The molecule has 0 bridgehead atoms. The van der Waals surface area contributed by atoms with Gasteiger partial charge in [0.2, 0.25) is 10.0 Å². The van der Waals surface area contributed by atoms with E-state index in [0.29, 0.717) is 18.8 Å². The third-order valence-electron chi connectivity index (χ3n) is 4.62. The lowest BCUT2D eigenvalue weighted by atomic mass is 9.93. The van der Waals surface area contributed by atoms with Crippen LogP contribution in [0.2, 0.25) is 5.02 Å². The van der Waals surface area contributed by atoms with Crippen molar-refractivity contribution in [1.82, 2.24) is 9.46 Å². The molecule has 0 atom stereocenters. The predicted molar refractivity (Wildman–Crippen MR) is 107 cm³/mol. The number of hydrogen-bond donors (Lipinski definition) is 1. The van der Waals surface area contributed by atoms with Gasteiger partial charge < -0.3 is 9.84 Å². The Morgan fingerprint density at radius 2 is 1.86 bits per heavy atom. The van der Waals surface area contributed by atoms with Gasteiger partial charge in [0.15, 0.2) is 5.82 Å². The van der Waals surface area contributed by atoms with Gasteiger partial charge in [-0.15, -0.1) is 0 Å². The molecular weight excluding hydrogens is 402 g/mol. The molecule has 2 aromatic rings. The normalized spacial score (nSPS) is 16.1. The third kappa shape index (κ3) is 4.39. The van der Waals surface area contributed by atoms with Crippen molar-refractivity contribution in [2.45, 2.75) is 50.3 Å². The van der Waals surface area contributed by atoms with Gasteiger partial charge in [-0.2, -0.15) is 4.31 Å². The highest BCUT2D eigenvalue weighted by Crippen LogP contribution is 2.29. The SMILES string of the molecule is CC(C)(C)c1cc(NC(=O)c2ccc(Cl)c(S(=O)(=O)N3CCCCC3)c2)no1. The Morgan fingerprint density at radius 3 is 2.46 bits per heavy atom. The molecule has 7 nitrogen and oxygen atoms in total. The Bertz CT molecular complexity index is 973. The Kier molecular flexibility index (Phi) is 5.84. The number of carbonyl (C=O) groups excluding carboxylic acids is 1. The van der Waals surface area contributed by atoms with Crippen LogP contribution in [-0.4, -0.2) is 36.9 Å². The van der Waals surface area contributed by atoms with E-state index in [9.17, 15) is 13.2 Å². The molecule has 1 aliphatic heterocycles. The van der Waals surface area contributed by atoms with Gasteiger partial charge in [-0.05, 0) is 31.0 Å². The highest BCUT2D eigenvalue weighted by Gasteiger charge is 2.29. The van der Waals surface area contributed by atoms with E-state index in [4.69, 9.17) is 16.1 Å². The predicted octanol–water partition coefficient (Wildman–Crippen LogP) is 4.05. The number of benzene rings is 1. The van der Waals surface area contributed by atoms with Crippen LogP contribution in [0.4, 0.5) is 5.82 Å². The van der Waals surface area contributed by atoms with Crippen molar-refractivity contribution in [1.29, 1.82) is 0 Å². The number of anilines is 1. The first-order chi connectivity index (χ1) is 13.1. The van der Waals surface area contributed by atoms with Crippen LogP contribution in [-0.2, 0) is 15.4 Å². The maximum absolute atomic E-state index is 12.9. The number of amides is 1. The Morgan fingerprint density at radius 1 is 1.18 bits per heavy atom. The van der Waals surface area contributed by atoms with E-state index < -0.39 is 15.9 Å². The molecular formula is C19H24ClN3O4S. The number of carbonyl (C=O) groups is 1. The standard InChI is InChI=1S/C19H24ClN3O4S/c1-19(2,3)16-12-17(22-27-16)21-18(24)13-7-8-14(20)15(11-13)28(25,26)23-9-5-4-6-10-23/h7-8,11-12H,4-6,9-10H2,1-3H3,(H,21,22,24). The molecule has 1 N–H and O–H groups in total. The maximum Gasteiger partial charge on any atom is 0.256 e. The smallest absolute Gasteiger partial charge is 0.256 e. The van der Waals surface area contributed by atoms with Crippen molar-refractivity contribution in [3.63, 3.8) is 0 Å². The quantitative estimate of drug-likeness (QED) is 0.797. The van der Waals surface area contributed by atoms with Gasteiger partial charge in [0, 0.05) is 30.1 Å². The number of rotatable bonds is 4. The summed E-state index contributed by atoms with van der Waals surface area (Å²) < 4.78 is 32.6. The van der Waals surface area contributed by atoms with Gasteiger partial charge in [-0.1, -0.05) is 43.9 Å². The average Bonchev–Trinajstić information content (AvgIpc) is 3.11. The first kappa shape index (κ1) is 20.8. The van der Waals surface area contributed by atoms with Crippen LogP contribution >= 0.6 is 11.6 Å². The van der Waals surface area contributed by atoms with Crippen molar-refractivity contribution >= 4 is 33.3 Å². The first-order valence-corrected chi connectivity index (χ1v) is 11.0. The van der Waals surface area contributed by atoms with Gasteiger partial charge in [0.05, 0.1) is 5.02 Å². The average molecular weight is 426 g/mol. The van der Waals surface area contributed by atoms with Gasteiger partial charge in [-0.3, -0.25) is 4.79 Å². The molecule has 1 aromatic carbocycles. The summed E-state index contributed by atoms with van der Waals surface area (Å²) in [7, 11) is -3.75. The molecule has 1 saturated heterocycles. The zero-order valence-electron chi connectivity index (χ0n) is 16.2. The number of piperidine rings is 1. The molecule has 0 aliphatic carbocycles. The van der Waals surface area contributed by atoms with E-state index in [1.165, 1.54) is 22.5 Å². The van der Waals surface area contributed by atoms with Crippen LogP contribution in [0.25, 0.3) is 0 Å². The summed E-state index contributed by atoms with van der Waals surface area (Å²) in [5.74, 6) is 0.415. The van der Waals surface area contributed by atoms with E-state index >= 15 is 0 Å². The van der Waals surface area contributed by atoms with Crippen molar-refractivity contribution in [2.24, 2.45) is 0 Å². The molecule has 0 radical (unpaired) electrons. The Labute approximate surface area is 170 Å². The molecule has 9 heteroatoms. The lowest BCUT2D eigenvalue weighted by Crippen LogP contribution is -2.35. The number of aromatic nitrogens is 1. The molecule has 152 valence electrons. The lowest BCUT2D eigenvalue weighted by Gasteiger charge is -2.26. The van der Waals surface area contributed by atoms with Crippen LogP contribution in [0.1, 0.15) is 56.2 Å². The van der Waals surface area contributed by atoms with Gasteiger partial charge in [0.1, 0.15) is 10.7 Å². The van der Waals surface area contributed by atoms with Gasteiger partial charge >= 0.3 is 0 Å². The van der Waals surface area contributed by atoms with E-state index in [1.807, 2.05) is 20.8 Å². The van der Waals surface area contributed by atoms with Gasteiger partial charge in [0.25, 0.3) is 5.91 Å². The number of nitrogens with zero attached hydrogens (tertiary/aromatic N) is 2. The maximum atomic E-state index is 12.9. The summed E-state index contributed by atoms with van der Waals surface area (Å²) in [5.41, 5.74) is -0.0633. The highest BCUT2D eigenvalue weighted by atomic mass is 35.5. The van der Waals surface area contributed by atoms with E-state index in [1.54, 1.807) is 6.07 Å². The molecule has 3 rings (SSSR count). The lowest BCUT2D eigenvalue weighted by molar-refractivity contribution is 0.102. The topological polar surface area (TPSA) is 92.5 Å². The minimum Gasteiger partial charge on any atom is -0.359 e. The van der Waals surface area contributed by atoms with E-state index in [2.05, 4.69) is 10.5 Å². The monoisotopic (exact) mass is 425 g/mol. The minimum absolute atomic E-state index is 0.0562. The fourth-order valence-electron chi connectivity index (χ4n) is 2.96. The summed E-state index contributed by atoms with van der Waals surface area (Å²) in [6, 6.07) is 5.87. The van der Waals surface area contributed by atoms with Crippen molar-refractivity contribution in [3.8, 4) is 0 Å². The van der Waals surface area contributed by atoms with Crippen LogP contribution in [0.3, 0.4) is 0 Å². The molecule has 0 saturated carbocycles. The van der Waals surface area contributed by atoms with Crippen LogP contribution in [0.15, 0.2) is 33.7 Å². The minimum atomic E-state index is -3.75. The fraction of sp³-hybridized carbons (Fsp3) is 0.474. The largest absolute Gasteiger partial charge is 0.359 e. The fourth-order valence-corrected chi connectivity index (χ4v) is 4.98. The second-order valence-corrected chi connectivity index (χ2v) is 10.2. The summed E-state index contributed by atoms with van der Waals surface area (Å²) in [5, 5.41) is 6.58. The number of sulfonamides is 1. The number of nitrogens with one attached hydrogen (secondary N) is 1. The Balaban J connectivity index is 1.84. The summed E-state index contributed by atoms with van der Waals surface area (Å²) in [6.45, 7) is 6.83. The van der Waals surface area contributed by atoms with Crippen molar-refractivity contribution in [2.75, 3.05) is 18.4 Å². The van der Waals surface area contributed by atoms with Gasteiger partial charge in [-0.25, -0.2) is 8.42 Å². The second kappa shape index (κ2) is 7.85. The highest BCUT2D eigenvalue weighted by molar-refractivity contribution is 7.89. The molecule has 1 aliphatic rings. The molecule has 2 heterocycles. The number of halogens is 1. The van der Waals surface area contributed by atoms with Crippen LogP contribution in [0.5, 0.6) is 0 Å². The first-order valence-electron chi connectivity index (χ1n) is 9.17. The summed E-state index contributed by atoms with van der Waals surface area (Å²) >= 11 is 6.15. The molecule has 1 aromatic heterocycles. The van der Waals surface area contributed by atoms with Crippen molar-refractivity contribution in [3.05, 3.63) is 40.6 Å². The third-order valence-corrected chi connectivity index (χ3v) is 7.00. The number of hydrogen-bond acceptors (Lipinski definition) is 5. The summed E-state index contributed by atoms with van der Waals surface area (Å²) in [4.78, 5) is 12.5. The molecule has 0 unspecified atom stereocenters. The zero-order valence-corrected chi connectivity index (χ0v) is 17.7. The van der Waals surface area contributed by atoms with Crippen LogP contribution < -0.4 is 5.32 Å². The zero-order chi connectivity index (χ0) is 20.5. The molecule has 28 heavy (non-hydrogen) atoms. The molecule has 0 spiro atoms. The van der Waals surface area contributed by atoms with E-state index in [0.717, 1.165) is 19.3 Å². The van der Waals surface area contributed by atoms with Crippen LogP contribution in [0, 0.1) is 0 Å². The second-order valence-electron chi connectivity index (χ2n) is 7.89. The molecule has 1 amide bonds. The van der Waals surface area contributed by atoms with Crippen molar-refractivity contribution < 1.29 is 17.7 Å².